The number of fused-ring (bicyclic) bond motifs is 1. The minimum atomic E-state index is -0.658. The highest BCUT2D eigenvalue weighted by atomic mass is 16.5. The van der Waals surface area contributed by atoms with E-state index in [1.807, 2.05) is 36.1 Å². The summed E-state index contributed by atoms with van der Waals surface area (Å²) in [7, 11) is 0. The first-order valence-corrected chi connectivity index (χ1v) is 6.92. The quantitative estimate of drug-likeness (QED) is 0.840. The van der Waals surface area contributed by atoms with Gasteiger partial charge in [0.1, 0.15) is 5.60 Å². The zero-order valence-electron chi connectivity index (χ0n) is 11.3. The summed E-state index contributed by atoms with van der Waals surface area (Å²) in [4.78, 5) is 14.6. The van der Waals surface area contributed by atoms with Gasteiger partial charge in [-0.3, -0.25) is 4.79 Å². The molecule has 0 aromatic heterocycles. The van der Waals surface area contributed by atoms with Crippen molar-refractivity contribution in [1.82, 2.24) is 0 Å². The molecule has 1 saturated heterocycles. The van der Waals surface area contributed by atoms with Crippen LogP contribution in [-0.4, -0.2) is 24.7 Å². The smallest absolute Gasteiger partial charge is 0.258 e. The molecule has 0 aliphatic carbocycles. The summed E-state index contributed by atoms with van der Waals surface area (Å²) in [5, 5.41) is 0. The van der Waals surface area contributed by atoms with E-state index in [4.69, 9.17) is 10.5 Å². The fourth-order valence-electron chi connectivity index (χ4n) is 3.04. The molecule has 2 heterocycles. The summed E-state index contributed by atoms with van der Waals surface area (Å²) in [6, 6.07) is 7.94. The number of benzene rings is 1. The highest BCUT2D eigenvalue weighted by Crippen LogP contribution is 2.36. The van der Waals surface area contributed by atoms with Crippen LogP contribution in [0, 0.1) is 0 Å². The second kappa shape index (κ2) is 4.62. The first kappa shape index (κ1) is 12.6. The SMILES string of the molecule is CC1(C(=O)N2CCC(N)c3ccccc32)CCCO1. The maximum absolute atomic E-state index is 12.8. The highest BCUT2D eigenvalue weighted by molar-refractivity contribution is 6.00. The van der Waals surface area contributed by atoms with Gasteiger partial charge in [-0.1, -0.05) is 18.2 Å². The van der Waals surface area contributed by atoms with Crippen LogP contribution in [0.5, 0.6) is 0 Å². The van der Waals surface area contributed by atoms with Crippen molar-refractivity contribution in [3.05, 3.63) is 29.8 Å². The number of hydrogen-bond donors (Lipinski definition) is 1. The molecule has 19 heavy (non-hydrogen) atoms. The van der Waals surface area contributed by atoms with Gasteiger partial charge in [0.05, 0.1) is 0 Å². The Kier molecular flexibility index (Phi) is 3.07. The van der Waals surface area contributed by atoms with Crippen molar-refractivity contribution in [3.63, 3.8) is 0 Å². The van der Waals surface area contributed by atoms with Crippen molar-refractivity contribution in [2.24, 2.45) is 5.73 Å². The normalized spacial score (nSPS) is 30.2. The Hall–Kier alpha value is -1.39. The number of nitrogens with two attached hydrogens (primary N) is 1. The molecule has 2 aliphatic rings. The van der Waals surface area contributed by atoms with Gasteiger partial charge < -0.3 is 15.4 Å². The van der Waals surface area contributed by atoms with Gasteiger partial charge in [-0.05, 0) is 37.8 Å². The number of amides is 1. The molecule has 0 bridgehead atoms. The summed E-state index contributed by atoms with van der Waals surface area (Å²) in [5.41, 5.74) is 7.47. The Bertz CT molecular complexity index is 495. The fraction of sp³-hybridized carbons (Fsp3) is 0.533. The predicted octanol–water partition coefficient (Wildman–Crippen LogP) is 1.99. The summed E-state index contributed by atoms with van der Waals surface area (Å²) >= 11 is 0. The number of nitrogens with zero attached hydrogens (tertiary/aromatic N) is 1. The summed E-state index contributed by atoms with van der Waals surface area (Å²) < 4.78 is 5.67. The van der Waals surface area contributed by atoms with E-state index in [1.54, 1.807) is 0 Å². The van der Waals surface area contributed by atoms with Crippen LogP contribution in [0.3, 0.4) is 0 Å². The van der Waals surface area contributed by atoms with E-state index >= 15 is 0 Å². The molecule has 2 unspecified atom stereocenters. The minimum Gasteiger partial charge on any atom is -0.365 e. The Morgan fingerprint density at radius 2 is 2.26 bits per heavy atom. The van der Waals surface area contributed by atoms with E-state index in [9.17, 15) is 4.79 Å². The average Bonchev–Trinajstić information content (AvgIpc) is 2.87. The second-order valence-corrected chi connectivity index (χ2v) is 5.59. The zero-order valence-corrected chi connectivity index (χ0v) is 11.3. The van der Waals surface area contributed by atoms with E-state index in [0.29, 0.717) is 13.2 Å². The van der Waals surface area contributed by atoms with Gasteiger partial charge in [0.15, 0.2) is 0 Å². The lowest BCUT2D eigenvalue weighted by molar-refractivity contribution is -0.136. The molecule has 1 aromatic carbocycles. The molecular weight excluding hydrogens is 240 g/mol. The van der Waals surface area contributed by atoms with Gasteiger partial charge in [-0.2, -0.15) is 0 Å². The van der Waals surface area contributed by atoms with E-state index in [2.05, 4.69) is 0 Å². The van der Waals surface area contributed by atoms with Gasteiger partial charge >= 0.3 is 0 Å². The van der Waals surface area contributed by atoms with Gasteiger partial charge in [-0.25, -0.2) is 0 Å². The molecule has 4 heteroatoms. The number of para-hydroxylation sites is 1. The number of carbonyl (C=O) groups is 1. The van der Waals surface area contributed by atoms with Crippen molar-refractivity contribution >= 4 is 11.6 Å². The van der Waals surface area contributed by atoms with Crippen molar-refractivity contribution in [3.8, 4) is 0 Å². The molecule has 3 rings (SSSR count). The van der Waals surface area contributed by atoms with Crippen LogP contribution in [-0.2, 0) is 9.53 Å². The van der Waals surface area contributed by atoms with Crippen molar-refractivity contribution in [1.29, 1.82) is 0 Å². The van der Waals surface area contributed by atoms with Crippen molar-refractivity contribution in [2.75, 3.05) is 18.1 Å². The van der Waals surface area contributed by atoms with E-state index in [1.165, 1.54) is 0 Å². The summed E-state index contributed by atoms with van der Waals surface area (Å²) in [5.74, 6) is 0.0735. The monoisotopic (exact) mass is 260 g/mol. The molecule has 1 amide bonds. The van der Waals surface area contributed by atoms with Gasteiger partial charge in [0, 0.05) is 24.9 Å². The van der Waals surface area contributed by atoms with Crippen LogP contribution in [0.1, 0.15) is 37.8 Å². The number of rotatable bonds is 1. The fourth-order valence-corrected chi connectivity index (χ4v) is 3.04. The van der Waals surface area contributed by atoms with Crippen LogP contribution in [0.2, 0.25) is 0 Å². The number of anilines is 1. The van der Waals surface area contributed by atoms with E-state index in [0.717, 1.165) is 30.5 Å². The molecular formula is C15H20N2O2. The molecule has 102 valence electrons. The molecule has 0 saturated carbocycles. The Labute approximate surface area is 113 Å². The summed E-state index contributed by atoms with van der Waals surface area (Å²) in [6.07, 6.45) is 2.56. The predicted molar refractivity (Wildman–Crippen MR) is 73.9 cm³/mol. The molecule has 0 radical (unpaired) electrons. The third kappa shape index (κ3) is 2.05. The Morgan fingerprint density at radius 3 is 3.00 bits per heavy atom. The number of ether oxygens (including phenoxy) is 1. The Morgan fingerprint density at radius 1 is 1.47 bits per heavy atom. The van der Waals surface area contributed by atoms with E-state index in [-0.39, 0.29) is 11.9 Å². The largest absolute Gasteiger partial charge is 0.365 e. The minimum absolute atomic E-state index is 0.0255. The third-order valence-electron chi connectivity index (χ3n) is 4.21. The van der Waals surface area contributed by atoms with Crippen molar-refractivity contribution < 1.29 is 9.53 Å². The maximum atomic E-state index is 12.8. The first-order chi connectivity index (χ1) is 9.12. The summed E-state index contributed by atoms with van der Waals surface area (Å²) in [6.45, 7) is 3.26. The van der Waals surface area contributed by atoms with Crippen LogP contribution in [0.15, 0.2) is 24.3 Å². The van der Waals surface area contributed by atoms with Crippen LogP contribution in [0.4, 0.5) is 5.69 Å². The number of hydrogen-bond acceptors (Lipinski definition) is 3. The zero-order chi connectivity index (χ0) is 13.5. The van der Waals surface area contributed by atoms with Gasteiger partial charge in [0.2, 0.25) is 0 Å². The molecule has 0 spiro atoms. The first-order valence-electron chi connectivity index (χ1n) is 6.92. The maximum Gasteiger partial charge on any atom is 0.258 e. The molecule has 2 aliphatic heterocycles. The lowest BCUT2D eigenvalue weighted by atomic mass is 9.94. The van der Waals surface area contributed by atoms with Crippen molar-refractivity contribution in [2.45, 2.75) is 37.8 Å². The van der Waals surface area contributed by atoms with Crippen LogP contribution >= 0.6 is 0 Å². The number of carbonyl (C=O) groups excluding carboxylic acids is 1. The third-order valence-corrected chi connectivity index (χ3v) is 4.21. The van der Waals surface area contributed by atoms with Gasteiger partial charge in [0.25, 0.3) is 5.91 Å². The highest BCUT2D eigenvalue weighted by Gasteiger charge is 2.42. The van der Waals surface area contributed by atoms with Gasteiger partial charge in [-0.15, -0.1) is 0 Å². The molecule has 4 nitrogen and oxygen atoms in total. The van der Waals surface area contributed by atoms with Crippen LogP contribution in [0.25, 0.3) is 0 Å². The lowest BCUT2D eigenvalue weighted by Crippen LogP contribution is -2.49. The standard InChI is InChI=1S/C15H20N2O2/c1-15(8-4-10-19-15)14(18)17-9-7-12(16)11-5-2-3-6-13(11)17/h2-3,5-6,12H,4,7-10,16H2,1H3. The van der Waals surface area contributed by atoms with E-state index < -0.39 is 5.60 Å². The topological polar surface area (TPSA) is 55.6 Å². The molecule has 2 N–H and O–H groups in total. The average molecular weight is 260 g/mol. The molecule has 1 aromatic rings. The molecule has 1 fully saturated rings. The molecule has 2 atom stereocenters. The van der Waals surface area contributed by atoms with Crippen LogP contribution < -0.4 is 10.6 Å². The lowest BCUT2D eigenvalue weighted by Gasteiger charge is -2.37. The second-order valence-electron chi connectivity index (χ2n) is 5.59. The Balaban J connectivity index is 1.94.